The minimum Gasteiger partial charge on any atom is -0.315 e. The summed E-state index contributed by atoms with van der Waals surface area (Å²) in [4.78, 5) is 24.0. The zero-order valence-corrected chi connectivity index (χ0v) is 15.1. The van der Waals surface area contributed by atoms with E-state index in [1.54, 1.807) is 4.90 Å². The summed E-state index contributed by atoms with van der Waals surface area (Å²) < 4.78 is 0. The molecule has 0 bridgehead atoms. The predicted octanol–water partition coefficient (Wildman–Crippen LogP) is 5.02. The van der Waals surface area contributed by atoms with Gasteiger partial charge in [0.25, 0.3) is 0 Å². The highest BCUT2D eigenvalue weighted by molar-refractivity contribution is 6.01. The van der Waals surface area contributed by atoms with Gasteiger partial charge < -0.3 is 4.90 Å². The van der Waals surface area contributed by atoms with Crippen LogP contribution in [0.1, 0.15) is 96.8 Å². The van der Waals surface area contributed by atoms with Crippen molar-refractivity contribution in [1.29, 1.82) is 0 Å². The van der Waals surface area contributed by atoms with Crippen molar-refractivity contribution < 1.29 is 9.59 Å². The van der Waals surface area contributed by atoms with E-state index in [1.165, 1.54) is 77.0 Å². The number of imide groups is 1. The number of hydrogen-bond acceptors (Lipinski definition) is 2. The van der Waals surface area contributed by atoms with E-state index in [1.807, 2.05) is 0 Å². The molecule has 0 radical (unpaired) electrons. The first-order valence-corrected chi connectivity index (χ1v) is 9.82. The van der Waals surface area contributed by atoms with Crippen LogP contribution in [0, 0.1) is 0 Å². The highest BCUT2D eigenvalue weighted by Gasteiger charge is 2.25. The summed E-state index contributed by atoms with van der Waals surface area (Å²) in [6.07, 6.45) is 18.7. The van der Waals surface area contributed by atoms with Crippen molar-refractivity contribution in [1.82, 2.24) is 10.2 Å². The van der Waals surface area contributed by atoms with Crippen molar-refractivity contribution >= 4 is 11.9 Å². The molecule has 1 heterocycles. The largest absolute Gasteiger partial charge is 0.324 e. The molecule has 134 valence electrons. The maximum absolute atomic E-state index is 11.3. The molecule has 0 aromatic heterocycles. The van der Waals surface area contributed by atoms with Crippen LogP contribution in [0.3, 0.4) is 0 Å². The number of unbranched alkanes of at least 4 members (excludes halogenated alkanes) is 13. The summed E-state index contributed by atoms with van der Waals surface area (Å²) in [6, 6.07) is -0.218. The first kappa shape index (κ1) is 20.0. The molecule has 1 N–H and O–H groups in total. The van der Waals surface area contributed by atoms with E-state index in [0.717, 1.165) is 19.4 Å². The van der Waals surface area contributed by atoms with Crippen LogP contribution in [-0.4, -0.2) is 29.9 Å². The third-order valence-electron chi connectivity index (χ3n) is 4.65. The molecular formula is C19H36N2O2. The summed E-state index contributed by atoms with van der Waals surface area (Å²) >= 11 is 0. The fourth-order valence-electron chi connectivity index (χ4n) is 3.16. The molecule has 1 rings (SSSR count). The van der Waals surface area contributed by atoms with Gasteiger partial charge in [-0.1, -0.05) is 90.4 Å². The van der Waals surface area contributed by atoms with Gasteiger partial charge >= 0.3 is 6.03 Å². The SMILES string of the molecule is CCCCCCCCCCCCCCCCN1CC(=O)NC1=O. The zero-order chi connectivity index (χ0) is 16.8. The van der Waals surface area contributed by atoms with Gasteiger partial charge in [0.15, 0.2) is 0 Å². The average molecular weight is 325 g/mol. The maximum atomic E-state index is 11.3. The Morgan fingerprint density at radius 2 is 1.17 bits per heavy atom. The molecule has 23 heavy (non-hydrogen) atoms. The fraction of sp³-hybridized carbons (Fsp3) is 0.895. The lowest BCUT2D eigenvalue weighted by atomic mass is 10.0. The Bertz CT molecular complexity index is 331. The molecular weight excluding hydrogens is 288 g/mol. The van der Waals surface area contributed by atoms with Gasteiger partial charge in [0.2, 0.25) is 5.91 Å². The molecule has 1 saturated heterocycles. The summed E-state index contributed by atoms with van der Waals surface area (Å²) in [7, 11) is 0. The maximum Gasteiger partial charge on any atom is 0.324 e. The lowest BCUT2D eigenvalue weighted by Crippen LogP contribution is -2.29. The third-order valence-corrected chi connectivity index (χ3v) is 4.65. The summed E-state index contributed by atoms with van der Waals surface area (Å²) in [5.74, 6) is -0.166. The van der Waals surface area contributed by atoms with Gasteiger partial charge in [-0.15, -0.1) is 0 Å². The first-order chi connectivity index (χ1) is 11.2. The van der Waals surface area contributed by atoms with Gasteiger partial charge in [0.1, 0.15) is 6.54 Å². The molecule has 1 aliphatic heterocycles. The first-order valence-electron chi connectivity index (χ1n) is 9.82. The van der Waals surface area contributed by atoms with Gasteiger partial charge in [-0.05, 0) is 6.42 Å². The number of rotatable bonds is 15. The van der Waals surface area contributed by atoms with Crippen LogP contribution in [0.5, 0.6) is 0 Å². The van der Waals surface area contributed by atoms with Gasteiger partial charge in [-0.2, -0.15) is 0 Å². The molecule has 4 heteroatoms. The zero-order valence-electron chi connectivity index (χ0n) is 15.1. The standard InChI is InChI=1S/C19H36N2O2/c1-2-3-4-5-6-7-8-9-10-11-12-13-14-15-16-21-17-18(22)20-19(21)23/h2-17H2,1H3,(H,20,22,23). The molecule has 3 amide bonds. The molecule has 0 atom stereocenters. The quantitative estimate of drug-likeness (QED) is 0.340. The molecule has 1 fully saturated rings. The number of carbonyl (C=O) groups is 2. The van der Waals surface area contributed by atoms with Gasteiger partial charge in [0, 0.05) is 6.54 Å². The van der Waals surface area contributed by atoms with E-state index >= 15 is 0 Å². The number of hydrogen-bond donors (Lipinski definition) is 1. The molecule has 1 aliphatic rings. The van der Waals surface area contributed by atoms with Crippen molar-refractivity contribution in [3.63, 3.8) is 0 Å². The second-order valence-corrected chi connectivity index (χ2v) is 6.87. The van der Waals surface area contributed by atoms with Crippen molar-refractivity contribution in [3.05, 3.63) is 0 Å². The molecule has 0 aromatic rings. The number of carbonyl (C=O) groups excluding carboxylic acids is 2. The Morgan fingerprint density at radius 3 is 1.57 bits per heavy atom. The summed E-state index contributed by atoms with van der Waals surface area (Å²) in [5.41, 5.74) is 0. The van der Waals surface area contributed by atoms with Gasteiger partial charge in [0.05, 0.1) is 0 Å². The predicted molar refractivity (Wildman–Crippen MR) is 95.4 cm³/mol. The van der Waals surface area contributed by atoms with Crippen LogP contribution in [0.25, 0.3) is 0 Å². The number of nitrogens with one attached hydrogen (secondary N) is 1. The Labute approximate surface area is 142 Å². The minimum absolute atomic E-state index is 0.166. The lowest BCUT2D eigenvalue weighted by molar-refractivity contribution is -0.118. The summed E-state index contributed by atoms with van der Waals surface area (Å²) in [5, 5.41) is 2.31. The third kappa shape index (κ3) is 10.4. The van der Waals surface area contributed by atoms with E-state index in [4.69, 9.17) is 0 Å². The van der Waals surface area contributed by atoms with E-state index in [9.17, 15) is 9.59 Å². The molecule has 0 spiro atoms. The van der Waals surface area contributed by atoms with Crippen LogP contribution in [0.2, 0.25) is 0 Å². The monoisotopic (exact) mass is 324 g/mol. The number of nitrogens with zero attached hydrogens (tertiary/aromatic N) is 1. The molecule has 4 nitrogen and oxygen atoms in total. The Morgan fingerprint density at radius 1 is 0.739 bits per heavy atom. The Balaban J connectivity index is 1.75. The van der Waals surface area contributed by atoms with Crippen molar-refractivity contribution in [2.24, 2.45) is 0 Å². The topological polar surface area (TPSA) is 49.4 Å². The van der Waals surface area contributed by atoms with Crippen molar-refractivity contribution in [2.45, 2.75) is 96.8 Å². The molecule has 0 saturated carbocycles. The van der Waals surface area contributed by atoms with Gasteiger partial charge in [-0.3, -0.25) is 10.1 Å². The highest BCUT2D eigenvalue weighted by atomic mass is 16.2. The van der Waals surface area contributed by atoms with E-state index in [0.29, 0.717) is 0 Å². The Kier molecular flexibility index (Phi) is 11.6. The minimum atomic E-state index is -0.218. The second-order valence-electron chi connectivity index (χ2n) is 6.87. The average Bonchev–Trinajstić information content (AvgIpc) is 2.85. The van der Waals surface area contributed by atoms with Crippen LogP contribution in [0.4, 0.5) is 4.79 Å². The fourth-order valence-corrected chi connectivity index (χ4v) is 3.16. The van der Waals surface area contributed by atoms with Crippen molar-refractivity contribution in [2.75, 3.05) is 13.1 Å². The Hall–Kier alpha value is -1.06. The number of amides is 3. The highest BCUT2D eigenvalue weighted by Crippen LogP contribution is 2.13. The van der Waals surface area contributed by atoms with E-state index < -0.39 is 0 Å². The molecule has 0 unspecified atom stereocenters. The molecule has 0 aliphatic carbocycles. The van der Waals surface area contributed by atoms with Crippen molar-refractivity contribution in [3.8, 4) is 0 Å². The molecule has 0 aromatic carbocycles. The van der Waals surface area contributed by atoms with Crippen LogP contribution >= 0.6 is 0 Å². The van der Waals surface area contributed by atoms with Crippen LogP contribution in [-0.2, 0) is 4.79 Å². The van der Waals surface area contributed by atoms with Gasteiger partial charge in [-0.25, -0.2) is 4.79 Å². The van der Waals surface area contributed by atoms with E-state index in [-0.39, 0.29) is 18.5 Å². The lowest BCUT2D eigenvalue weighted by Gasteiger charge is -2.12. The van der Waals surface area contributed by atoms with E-state index in [2.05, 4.69) is 12.2 Å². The number of urea groups is 1. The van der Waals surface area contributed by atoms with Crippen LogP contribution in [0.15, 0.2) is 0 Å². The summed E-state index contributed by atoms with van der Waals surface area (Å²) in [6.45, 7) is 3.23. The van der Waals surface area contributed by atoms with Crippen LogP contribution < -0.4 is 5.32 Å². The normalized spacial score (nSPS) is 14.6. The smallest absolute Gasteiger partial charge is 0.315 e. The second kappa shape index (κ2) is 13.4.